The van der Waals surface area contributed by atoms with E-state index in [1.807, 2.05) is 13.8 Å². The van der Waals surface area contributed by atoms with Crippen molar-refractivity contribution in [3.63, 3.8) is 0 Å². The van der Waals surface area contributed by atoms with E-state index in [4.69, 9.17) is 0 Å². The fourth-order valence-corrected chi connectivity index (χ4v) is 0.918. The molecule has 2 heterocycles. The Morgan fingerprint density at radius 2 is 1.93 bits per heavy atom. The summed E-state index contributed by atoms with van der Waals surface area (Å²) >= 11 is 0. The van der Waals surface area contributed by atoms with Crippen LogP contribution in [-0.2, 0) is 0 Å². The average molecular weight is 204 g/mol. The Morgan fingerprint density at radius 3 is 2.47 bits per heavy atom. The maximum atomic E-state index is 10.7. The Bertz CT molecular complexity index is 432. The van der Waals surface area contributed by atoms with E-state index < -0.39 is 0 Å². The third kappa shape index (κ3) is 2.98. The maximum Gasteiger partial charge on any atom is 0.264 e. The van der Waals surface area contributed by atoms with Crippen molar-refractivity contribution in [3.8, 4) is 11.4 Å². The summed E-state index contributed by atoms with van der Waals surface area (Å²) in [6.07, 6.45) is 4.73. The van der Waals surface area contributed by atoms with Crippen LogP contribution in [0.3, 0.4) is 0 Å². The monoisotopic (exact) mass is 204 g/mol. The lowest BCUT2D eigenvalue weighted by atomic mass is 10.3. The highest BCUT2D eigenvalue weighted by Gasteiger charge is 1.98. The van der Waals surface area contributed by atoms with Gasteiger partial charge in [0.1, 0.15) is 11.4 Å². The van der Waals surface area contributed by atoms with Crippen LogP contribution in [0.5, 0.6) is 0 Å². The minimum atomic E-state index is -0.229. The predicted octanol–water partition coefficient (Wildman–Crippen LogP) is 1.25. The normalized spacial score (nSPS) is 8.93. The zero-order chi connectivity index (χ0) is 11.1. The van der Waals surface area contributed by atoms with Gasteiger partial charge >= 0.3 is 0 Å². The maximum absolute atomic E-state index is 10.7. The summed E-state index contributed by atoms with van der Waals surface area (Å²) in [6.45, 7) is 4.00. The molecule has 0 bridgehead atoms. The lowest BCUT2D eigenvalue weighted by Crippen LogP contribution is -2.05. The van der Waals surface area contributed by atoms with Gasteiger partial charge in [0.05, 0.1) is 6.20 Å². The van der Waals surface area contributed by atoms with Gasteiger partial charge in [0.15, 0.2) is 0 Å². The molecular formula is C10H12N4O. The molecule has 5 nitrogen and oxygen atoms in total. The van der Waals surface area contributed by atoms with Crippen molar-refractivity contribution in [2.45, 2.75) is 13.8 Å². The molecule has 0 saturated heterocycles. The topological polar surface area (TPSA) is 71.5 Å². The zero-order valence-corrected chi connectivity index (χ0v) is 8.64. The number of rotatable bonds is 1. The molecule has 2 aromatic rings. The Kier molecular flexibility index (Phi) is 4.15. The first kappa shape index (κ1) is 11.0. The molecule has 0 fully saturated rings. The molecule has 1 N–H and O–H groups in total. The van der Waals surface area contributed by atoms with E-state index in [2.05, 4.69) is 20.2 Å². The number of hydrogen-bond donors (Lipinski definition) is 1. The predicted molar refractivity (Wildman–Crippen MR) is 57.2 cm³/mol. The molecule has 0 aliphatic heterocycles. The first-order chi connectivity index (χ1) is 7.36. The van der Waals surface area contributed by atoms with Crippen LogP contribution in [0.25, 0.3) is 11.4 Å². The standard InChI is InChI=1S/C8H6N4O.C2H6/c13-8-2-1-6(11-12-8)7-5-9-3-4-10-7;1-2/h1-5H,(H,12,13);1-2H3. The third-order valence-electron chi connectivity index (χ3n) is 1.50. The van der Waals surface area contributed by atoms with Crippen LogP contribution in [0.15, 0.2) is 35.5 Å². The Morgan fingerprint density at radius 1 is 1.13 bits per heavy atom. The lowest BCUT2D eigenvalue weighted by molar-refractivity contribution is 0.985. The summed E-state index contributed by atoms with van der Waals surface area (Å²) in [4.78, 5) is 18.6. The van der Waals surface area contributed by atoms with E-state index in [1.54, 1.807) is 24.7 Å². The smallest absolute Gasteiger partial charge is 0.264 e. The van der Waals surface area contributed by atoms with Crippen LogP contribution in [0.4, 0.5) is 0 Å². The van der Waals surface area contributed by atoms with Crippen LogP contribution in [0.2, 0.25) is 0 Å². The number of nitrogens with one attached hydrogen (secondary N) is 1. The Labute approximate surface area is 87.2 Å². The molecule has 0 atom stereocenters. The van der Waals surface area contributed by atoms with Gasteiger partial charge in [-0.25, -0.2) is 5.10 Å². The van der Waals surface area contributed by atoms with Gasteiger partial charge in [0.2, 0.25) is 0 Å². The van der Waals surface area contributed by atoms with E-state index in [0.29, 0.717) is 11.4 Å². The van der Waals surface area contributed by atoms with Crippen molar-refractivity contribution in [2.75, 3.05) is 0 Å². The Hall–Kier alpha value is -2.04. The first-order valence-electron chi connectivity index (χ1n) is 4.68. The van der Waals surface area contributed by atoms with Crippen molar-refractivity contribution >= 4 is 0 Å². The molecule has 78 valence electrons. The molecule has 2 rings (SSSR count). The van der Waals surface area contributed by atoms with E-state index >= 15 is 0 Å². The number of H-pyrrole nitrogens is 1. The van der Waals surface area contributed by atoms with Crippen molar-refractivity contribution in [1.82, 2.24) is 20.2 Å². The summed E-state index contributed by atoms with van der Waals surface area (Å²) < 4.78 is 0. The molecular weight excluding hydrogens is 192 g/mol. The van der Waals surface area contributed by atoms with Crippen LogP contribution in [0, 0.1) is 0 Å². The van der Waals surface area contributed by atoms with E-state index in [0.717, 1.165) is 0 Å². The molecule has 0 saturated carbocycles. The lowest BCUT2D eigenvalue weighted by Gasteiger charge is -1.95. The molecule has 5 heteroatoms. The van der Waals surface area contributed by atoms with Gasteiger partial charge in [-0.15, -0.1) is 0 Å². The third-order valence-corrected chi connectivity index (χ3v) is 1.50. The molecule has 0 aliphatic rings. The molecule has 0 unspecified atom stereocenters. The van der Waals surface area contributed by atoms with Gasteiger partial charge in [0, 0.05) is 18.5 Å². The largest absolute Gasteiger partial charge is 0.268 e. The van der Waals surface area contributed by atoms with Crippen LogP contribution in [0.1, 0.15) is 13.8 Å². The highest BCUT2D eigenvalue weighted by atomic mass is 16.1. The molecule has 2 aromatic heterocycles. The quantitative estimate of drug-likeness (QED) is 0.758. The number of hydrogen-bond acceptors (Lipinski definition) is 4. The molecule has 15 heavy (non-hydrogen) atoms. The molecule has 0 aromatic carbocycles. The Balaban J connectivity index is 0.000000531. The molecule has 0 radical (unpaired) electrons. The molecule has 0 amide bonds. The van der Waals surface area contributed by atoms with Gasteiger partial charge in [0.25, 0.3) is 5.56 Å². The number of nitrogens with zero attached hydrogens (tertiary/aromatic N) is 3. The summed E-state index contributed by atoms with van der Waals surface area (Å²) in [6, 6.07) is 3.00. The fraction of sp³-hybridized carbons (Fsp3) is 0.200. The molecule has 0 aliphatic carbocycles. The summed E-state index contributed by atoms with van der Waals surface area (Å²) in [7, 11) is 0. The van der Waals surface area contributed by atoms with Crippen molar-refractivity contribution < 1.29 is 0 Å². The first-order valence-corrected chi connectivity index (χ1v) is 4.68. The number of aromatic amines is 1. The summed E-state index contributed by atoms with van der Waals surface area (Å²) in [5.41, 5.74) is 1.01. The van der Waals surface area contributed by atoms with Gasteiger partial charge in [-0.1, -0.05) is 13.8 Å². The van der Waals surface area contributed by atoms with E-state index in [9.17, 15) is 4.79 Å². The number of aromatic nitrogens is 4. The summed E-state index contributed by atoms with van der Waals surface area (Å²) in [5.74, 6) is 0. The minimum Gasteiger partial charge on any atom is -0.268 e. The molecule has 0 spiro atoms. The summed E-state index contributed by atoms with van der Waals surface area (Å²) in [5, 5.41) is 6.13. The second-order valence-corrected chi connectivity index (χ2v) is 2.40. The second kappa shape index (κ2) is 5.64. The van der Waals surface area contributed by atoms with Crippen LogP contribution >= 0.6 is 0 Å². The van der Waals surface area contributed by atoms with Gasteiger partial charge in [-0.05, 0) is 6.07 Å². The van der Waals surface area contributed by atoms with E-state index in [1.165, 1.54) is 6.07 Å². The second-order valence-electron chi connectivity index (χ2n) is 2.40. The van der Waals surface area contributed by atoms with Gasteiger partial charge in [-0.3, -0.25) is 14.8 Å². The zero-order valence-electron chi connectivity index (χ0n) is 8.64. The van der Waals surface area contributed by atoms with Gasteiger partial charge in [-0.2, -0.15) is 5.10 Å². The minimum absolute atomic E-state index is 0.229. The average Bonchev–Trinajstić information content (AvgIpc) is 2.34. The van der Waals surface area contributed by atoms with Crippen molar-refractivity contribution in [3.05, 3.63) is 41.1 Å². The highest BCUT2D eigenvalue weighted by Crippen LogP contribution is 2.07. The van der Waals surface area contributed by atoms with Gasteiger partial charge < -0.3 is 0 Å². The van der Waals surface area contributed by atoms with E-state index in [-0.39, 0.29) is 5.56 Å². The van der Waals surface area contributed by atoms with Crippen LogP contribution in [-0.4, -0.2) is 20.2 Å². The van der Waals surface area contributed by atoms with Crippen LogP contribution < -0.4 is 5.56 Å². The van der Waals surface area contributed by atoms with Crippen molar-refractivity contribution in [2.24, 2.45) is 0 Å². The highest BCUT2D eigenvalue weighted by molar-refractivity contribution is 5.50. The SMILES string of the molecule is CC.O=c1ccc(-c2cnccn2)n[nH]1. The van der Waals surface area contributed by atoms with Crippen molar-refractivity contribution in [1.29, 1.82) is 0 Å². The fourth-order valence-electron chi connectivity index (χ4n) is 0.918.